The van der Waals surface area contributed by atoms with E-state index in [-0.39, 0.29) is 34.7 Å². The average Bonchev–Trinajstić information content (AvgIpc) is 3.29. The van der Waals surface area contributed by atoms with E-state index in [9.17, 15) is 18.0 Å². The molecule has 0 saturated carbocycles. The van der Waals surface area contributed by atoms with Crippen molar-refractivity contribution in [3.05, 3.63) is 40.1 Å². The Morgan fingerprint density at radius 2 is 2.08 bits per heavy atom. The van der Waals surface area contributed by atoms with E-state index < -0.39 is 11.7 Å². The van der Waals surface area contributed by atoms with Gasteiger partial charge < -0.3 is 20.5 Å². The molecule has 1 aliphatic heterocycles. The van der Waals surface area contributed by atoms with Crippen molar-refractivity contribution in [1.29, 1.82) is 0 Å². The minimum atomic E-state index is -4.65. The zero-order chi connectivity index (χ0) is 27.7. The topological polar surface area (TPSA) is 85.9 Å². The van der Waals surface area contributed by atoms with E-state index in [1.54, 1.807) is 24.1 Å². The number of benzene rings is 1. The summed E-state index contributed by atoms with van der Waals surface area (Å²) in [6.45, 7) is 5.43. The summed E-state index contributed by atoms with van der Waals surface area (Å²) in [6, 6.07) is 3.27. The van der Waals surface area contributed by atoms with E-state index in [4.69, 9.17) is 11.6 Å². The number of halogens is 5. The fourth-order valence-electron chi connectivity index (χ4n) is 4.57. The summed E-state index contributed by atoms with van der Waals surface area (Å²) in [5.74, 6) is 0.468. The molecule has 0 spiro atoms. The van der Waals surface area contributed by atoms with Crippen molar-refractivity contribution >= 4 is 50.3 Å². The van der Waals surface area contributed by atoms with Gasteiger partial charge in [-0.1, -0.05) is 6.07 Å². The molecule has 3 N–H and O–H groups in total. The van der Waals surface area contributed by atoms with Gasteiger partial charge in [0.15, 0.2) is 0 Å². The van der Waals surface area contributed by atoms with Crippen molar-refractivity contribution in [3.63, 3.8) is 0 Å². The smallest absolute Gasteiger partial charge is 0.360 e. The first kappa shape index (κ1) is 28.6. The number of fused-ring (bicyclic) bond motifs is 1. The molecule has 3 heterocycles. The first-order valence-electron chi connectivity index (χ1n) is 12.5. The van der Waals surface area contributed by atoms with Gasteiger partial charge in [-0.25, -0.2) is 9.97 Å². The summed E-state index contributed by atoms with van der Waals surface area (Å²) < 4.78 is 42.5. The molecule has 12 heteroatoms. The van der Waals surface area contributed by atoms with Crippen LogP contribution >= 0.6 is 27.5 Å². The number of nitrogens with one attached hydrogen (secondary N) is 3. The van der Waals surface area contributed by atoms with Crippen molar-refractivity contribution in [2.45, 2.75) is 57.3 Å². The lowest BCUT2D eigenvalue weighted by molar-refractivity contribution is -0.137. The molecule has 206 valence electrons. The molecule has 1 atom stereocenters. The lowest BCUT2D eigenvalue weighted by Gasteiger charge is -2.36. The van der Waals surface area contributed by atoms with E-state index >= 15 is 0 Å². The SMILES string of the molecule is CN(CCCCCl)C(=O)c1ccc2c(-c3nc(N[C@H]4CCC(C)(C)NC4)ncc3C(F)(F)F)c[nH]c2c1Br. The Balaban J connectivity index is 1.68. The molecule has 1 aromatic carbocycles. The quantitative estimate of drug-likeness (QED) is 0.201. The fourth-order valence-corrected chi connectivity index (χ4v) is 5.39. The van der Waals surface area contributed by atoms with E-state index in [0.29, 0.717) is 39.9 Å². The number of hydrogen-bond acceptors (Lipinski definition) is 5. The lowest BCUT2D eigenvalue weighted by atomic mass is 9.91. The van der Waals surface area contributed by atoms with Crippen LogP contribution in [-0.2, 0) is 6.18 Å². The van der Waals surface area contributed by atoms with Gasteiger partial charge in [0, 0.05) is 60.9 Å². The molecule has 1 saturated heterocycles. The van der Waals surface area contributed by atoms with Crippen molar-refractivity contribution in [2.24, 2.45) is 0 Å². The maximum atomic E-state index is 14.0. The average molecular weight is 616 g/mol. The van der Waals surface area contributed by atoms with Gasteiger partial charge in [-0.15, -0.1) is 11.6 Å². The molecule has 38 heavy (non-hydrogen) atoms. The van der Waals surface area contributed by atoms with Gasteiger partial charge in [0.1, 0.15) is 5.56 Å². The third kappa shape index (κ3) is 6.26. The molecule has 3 aromatic rings. The molecule has 4 rings (SSSR count). The highest BCUT2D eigenvalue weighted by Gasteiger charge is 2.36. The van der Waals surface area contributed by atoms with Gasteiger partial charge in [0.2, 0.25) is 5.95 Å². The van der Waals surface area contributed by atoms with E-state index in [1.807, 2.05) is 0 Å². The molecule has 1 aliphatic rings. The first-order valence-corrected chi connectivity index (χ1v) is 13.8. The molecule has 7 nitrogen and oxygen atoms in total. The number of carbonyl (C=O) groups is 1. The Bertz CT molecular complexity index is 1300. The van der Waals surface area contributed by atoms with Gasteiger partial charge in [0.25, 0.3) is 5.91 Å². The summed E-state index contributed by atoms with van der Waals surface area (Å²) in [7, 11) is 1.71. The highest BCUT2D eigenvalue weighted by atomic mass is 79.9. The zero-order valence-corrected chi connectivity index (χ0v) is 23.8. The number of alkyl halides is 4. The van der Waals surface area contributed by atoms with E-state index in [2.05, 4.69) is 55.4 Å². The third-order valence-corrected chi connectivity index (χ3v) is 7.97. The number of aromatic nitrogens is 3. The number of aromatic amines is 1. The van der Waals surface area contributed by atoms with E-state index in [1.165, 1.54) is 6.20 Å². The van der Waals surface area contributed by atoms with Crippen LogP contribution in [0.4, 0.5) is 19.1 Å². The van der Waals surface area contributed by atoms with Crippen LogP contribution in [0.25, 0.3) is 22.2 Å². The maximum absolute atomic E-state index is 14.0. The number of nitrogens with zero attached hydrogens (tertiary/aromatic N) is 3. The normalized spacial score (nSPS) is 17.5. The molecular formula is C26H31BrClF3N6O. The maximum Gasteiger partial charge on any atom is 0.419 e. The van der Waals surface area contributed by atoms with Crippen LogP contribution in [0.1, 0.15) is 55.5 Å². The van der Waals surface area contributed by atoms with Crippen molar-refractivity contribution in [3.8, 4) is 11.3 Å². The molecular weight excluding hydrogens is 585 g/mol. The standard InChI is InChI=1S/C26H31BrClF3N6O/c1-25(2)9-8-15(12-34-25)35-24-33-14-19(26(29,30)31)21(36-24)18-13-32-22-16(18)6-7-17(20(22)27)23(38)37(3)11-5-4-10-28/h6-7,13-15,32,34H,4-5,8-12H2,1-3H3,(H,33,35,36)/t15-/m0/s1. The predicted molar refractivity (Wildman–Crippen MR) is 148 cm³/mol. The van der Waals surface area contributed by atoms with Crippen molar-refractivity contribution < 1.29 is 18.0 Å². The molecule has 0 unspecified atom stereocenters. The predicted octanol–water partition coefficient (Wildman–Crippen LogP) is 6.44. The molecule has 0 bridgehead atoms. The van der Waals surface area contributed by atoms with Crippen LogP contribution in [0.2, 0.25) is 0 Å². The lowest BCUT2D eigenvalue weighted by Crippen LogP contribution is -2.50. The molecule has 2 aromatic heterocycles. The molecule has 0 radical (unpaired) electrons. The van der Waals surface area contributed by atoms with E-state index in [0.717, 1.165) is 31.9 Å². The summed E-state index contributed by atoms with van der Waals surface area (Å²) in [5.41, 5.74) is 0.0571. The number of amides is 1. The summed E-state index contributed by atoms with van der Waals surface area (Å²) in [5, 5.41) is 7.12. The molecule has 1 fully saturated rings. The van der Waals surface area contributed by atoms with Crippen LogP contribution in [0.5, 0.6) is 0 Å². The van der Waals surface area contributed by atoms with Crippen molar-refractivity contribution in [1.82, 2.24) is 25.2 Å². The van der Waals surface area contributed by atoms with Gasteiger partial charge in [-0.3, -0.25) is 4.79 Å². The van der Waals surface area contributed by atoms with Crippen LogP contribution in [-0.4, -0.2) is 63.4 Å². The summed E-state index contributed by atoms with van der Waals surface area (Å²) in [6.07, 6.45) is 0.997. The molecule has 1 amide bonds. The van der Waals surface area contributed by atoms with Crippen LogP contribution in [0.3, 0.4) is 0 Å². The second-order valence-corrected chi connectivity index (χ2v) is 11.4. The minimum absolute atomic E-state index is 0.000257. The number of anilines is 1. The Morgan fingerprint density at radius 3 is 2.74 bits per heavy atom. The molecule has 0 aliphatic carbocycles. The fraction of sp³-hybridized carbons (Fsp3) is 0.500. The number of H-pyrrole nitrogens is 1. The monoisotopic (exact) mass is 614 g/mol. The second kappa shape index (κ2) is 11.4. The van der Waals surface area contributed by atoms with Gasteiger partial charge in [-0.2, -0.15) is 13.2 Å². The Kier molecular flexibility index (Phi) is 8.59. The highest BCUT2D eigenvalue weighted by Crippen LogP contribution is 2.40. The van der Waals surface area contributed by atoms with Crippen LogP contribution in [0, 0.1) is 0 Å². The second-order valence-electron chi connectivity index (χ2n) is 10.3. The third-order valence-electron chi connectivity index (χ3n) is 6.87. The van der Waals surface area contributed by atoms with Crippen LogP contribution < -0.4 is 10.6 Å². The number of hydrogen-bond donors (Lipinski definition) is 3. The van der Waals surface area contributed by atoms with Crippen molar-refractivity contribution in [2.75, 3.05) is 31.3 Å². The minimum Gasteiger partial charge on any atom is -0.360 e. The van der Waals surface area contributed by atoms with Crippen LogP contribution in [0.15, 0.2) is 29.0 Å². The Morgan fingerprint density at radius 1 is 1.32 bits per heavy atom. The summed E-state index contributed by atoms with van der Waals surface area (Å²) >= 11 is 9.22. The Hall–Kier alpha value is -2.37. The summed E-state index contributed by atoms with van der Waals surface area (Å²) in [4.78, 5) is 26.0. The first-order chi connectivity index (χ1) is 17.9. The largest absolute Gasteiger partial charge is 0.419 e. The number of unbranched alkanes of at least 4 members (excludes halogenated alkanes) is 1. The zero-order valence-electron chi connectivity index (χ0n) is 21.5. The Labute approximate surface area is 233 Å². The highest BCUT2D eigenvalue weighted by molar-refractivity contribution is 9.10. The van der Waals surface area contributed by atoms with Gasteiger partial charge in [-0.05, 0) is 61.5 Å². The number of carbonyl (C=O) groups excluding carboxylic acids is 1. The van der Waals surface area contributed by atoms with Gasteiger partial charge in [0.05, 0.1) is 21.2 Å². The number of rotatable bonds is 8. The van der Waals surface area contributed by atoms with Gasteiger partial charge >= 0.3 is 6.18 Å². The number of piperidine rings is 1.